The van der Waals surface area contributed by atoms with E-state index in [2.05, 4.69) is 38.0 Å². The third-order valence-corrected chi connectivity index (χ3v) is 3.92. The van der Waals surface area contributed by atoms with Crippen LogP contribution in [0.2, 0.25) is 0 Å². The number of amides is 1. The monoisotopic (exact) mass is 269 g/mol. The molecule has 3 N–H and O–H groups in total. The first-order chi connectivity index (χ1) is 8.92. The summed E-state index contributed by atoms with van der Waals surface area (Å²) in [5.41, 5.74) is 5.20. The molecule has 0 aromatic carbocycles. The fourth-order valence-electron chi connectivity index (χ4n) is 2.87. The predicted molar refractivity (Wildman–Crippen MR) is 79.9 cm³/mol. The Hall–Kier alpha value is -0.610. The van der Waals surface area contributed by atoms with E-state index in [9.17, 15) is 4.79 Å². The van der Waals surface area contributed by atoms with Gasteiger partial charge in [0.15, 0.2) is 0 Å². The summed E-state index contributed by atoms with van der Waals surface area (Å²) in [6.45, 7) is 8.14. The number of likely N-dealkylation sites (N-methyl/N-ethyl adjacent to an activating group) is 1. The Morgan fingerprint density at radius 1 is 1.42 bits per heavy atom. The molecule has 0 bridgehead atoms. The van der Waals surface area contributed by atoms with Gasteiger partial charge >= 0.3 is 0 Å². The summed E-state index contributed by atoms with van der Waals surface area (Å²) < 4.78 is 0. The van der Waals surface area contributed by atoms with Gasteiger partial charge in [-0.3, -0.25) is 10.1 Å². The zero-order valence-electron chi connectivity index (χ0n) is 13.0. The van der Waals surface area contributed by atoms with Gasteiger partial charge in [0.2, 0.25) is 5.91 Å². The van der Waals surface area contributed by atoms with E-state index in [0.29, 0.717) is 5.92 Å². The van der Waals surface area contributed by atoms with Crippen molar-refractivity contribution in [2.45, 2.75) is 64.5 Å². The molecule has 1 rings (SSSR count). The second-order valence-electron chi connectivity index (χ2n) is 6.35. The normalized spacial score (nSPS) is 18.8. The van der Waals surface area contributed by atoms with E-state index in [4.69, 9.17) is 5.73 Å². The largest absolute Gasteiger partial charge is 0.368 e. The third kappa shape index (κ3) is 4.77. The molecule has 1 unspecified atom stereocenters. The van der Waals surface area contributed by atoms with Crippen LogP contribution in [0.4, 0.5) is 0 Å². The second kappa shape index (κ2) is 7.25. The third-order valence-electron chi connectivity index (χ3n) is 3.92. The highest BCUT2D eigenvalue weighted by Crippen LogP contribution is 2.40. The molecule has 0 aliphatic heterocycles. The van der Waals surface area contributed by atoms with Gasteiger partial charge < -0.3 is 10.6 Å². The molecule has 0 aromatic heterocycles. The van der Waals surface area contributed by atoms with E-state index < -0.39 is 5.54 Å². The van der Waals surface area contributed by atoms with Crippen LogP contribution in [0.3, 0.4) is 0 Å². The minimum atomic E-state index is -0.533. The standard InChI is InChI=1S/C15H31N3O/c1-5-6-7-10-18(4)11-15(14(16)19,13-8-9-13)17-12(2)3/h12-13,17H,5-11H2,1-4H3,(H2,16,19). The quantitative estimate of drug-likeness (QED) is 0.594. The predicted octanol–water partition coefficient (Wildman–Crippen LogP) is 1.74. The van der Waals surface area contributed by atoms with Gasteiger partial charge in [-0.2, -0.15) is 0 Å². The molecular formula is C15H31N3O. The average Bonchev–Trinajstić information content (AvgIpc) is 3.11. The number of hydrogen-bond acceptors (Lipinski definition) is 3. The van der Waals surface area contributed by atoms with E-state index in [-0.39, 0.29) is 11.9 Å². The molecular weight excluding hydrogens is 238 g/mol. The summed E-state index contributed by atoms with van der Waals surface area (Å²) >= 11 is 0. The van der Waals surface area contributed by atoms with Crippen molar-refractivity contribution >= 4 is 5.91 Å². The van der Waals surface area contributed by atoms with Crippen LogP contribution in [0.5, 0.6) is 0 Å². The molecule has 1 amide bonds. The average molecular weight is 269 g/mol. The molecule has 1 saturated carbocycles. The lowest BCUT2D eigenvalue weighted by Gasteiger charge is -2.37. The molecule has 0 spiro atoms. The highest BCUT2D eigenvalue weighted by molar-refractivity contribution is 5.86. The smallest absolute Gasteiger partial charge is 0.239 e. The molecule has 4 nitrogen and oxygen atoms in total. The van der Waals surface area contributed by atoms with Crippen molar-refractivity contribution in [2.75, 3.05) is 20.1 Å². The molecule has 0 saturated heterocycles. The second-order valence-corrected chi connectivity index (χ2v) is 6.35. The van der Waals surface area contributed by atoms with Gasteiger partial charge in [-0.25, -0.2) is 0 Å². The van der Waals surface area contributed by atoms with Gasteiger partial charge in [0.1, 0.15) is 5.54 Å². The van der Waals surface area contributed by atoms with E-state index in [1.165, 1.54) is 19.3 Å². The first-order valence-electron chi connectivity index (χ1n) is 7.68. The topological polar surface area (TPSA) is 58.4 Å². The molecule has 0 aromatic rings. The van der Waals surface area contributed by atoms with Gasteiger partial charge in [0.05, 0.1) is 0 Å². The molecule has 112 valence electrons. The van der Waals surface area contributed by atoms with Crippen LogP contribution in [0.15, 0.2) is 0 Å². The van der Waals surface area contributed by atoms with Gasteiger partial charge in [-0.15, -0.1) is 0 Å². The molecule has 0 radical (unpaired) electrons. The van der Waals surface area contributed by atoms with E-state index >= 15 is 0 Å². The summed E-state index contributed by atoms with van der Waals surface area (Å²) in [6.07, 6.45) is 5.89. The number of carbonyl (C=O) groups is 1. The number of rotatable bonds is 10. The van der Waals surface area contributed by atoms with E-state index in [0.717, 1.165) is 25.9 Å². The fraction of sp³-hybridized carbons (Fsp3) is 0.933. The first kappa shape index (κ1) is 16.4. The molecule has 1 fully saturated rings. The Morgan fingerprint density at radius 3 is 2.47 bits per heavy atom. The van der Waals surface area contributed by atoms with E-state index in [1.807, 2.05) is 0 Å². The van der Waals surface area contributed by atoms with Gasteiger partial charge in [-0.1, -0.05) is 19.8 Å². The van der Waals surface area contributed by atoms with Crippen LogP contribution >= 0.6 is 0 Å². The van der Waals surface area contributed by atoms with Crippen molar-refractivity contribution in [2.24, 2.45) is 11.7 Å². The Morgan fingerprint density at radius 2 is 2.05 bits per heavy atom. The van der Waals surface area contributed by atoms with Crippen LogP contribution in [-0.4, -0.2) is 42.5 Å². The zero-order chi connectivity index (χ0) is 14.5. The summed E-state index contributed by atoms with van der Waals surface area (Å²) in [7, 11) is 2.09. The summed E-state index contributed by atoms with van der Waals surface area (Å²) in [5, 5.41) is 3.46. The number of hydrogen-bond donors (Lipinski definition) is 2. The van der Waals surface area contributed by atoms with Crippen LogP contribution in [0, 0.1) is 5.92 Å². The summed E-state index contributed by atoms with van der Waals surface area (Å²) in [6, 6.07) is 0.275. The zero-order valence-corrected chi connectivity index (χ0v) is 13.0. The highest BCUT2D eigenvalue weighted by atomic mass is 16.1. The Balaban J connectivity index is 2.64. The van der Waals surface area contributed by atoms with Crippen molar-refractivity contribution in [3.05, 3.63) is 0 Å². The van der Waals surface area contributed by atoms with Crippen LogP contribution in [-0.2, 0) is 4.79 Å². The lowest BCUT2D eigenvalue weighted by Crippen LogP contribution is -2.64. The SMILES string of the molecule is CCCCCN(C)CC(NC(C)C)(C(N)=O)C1CC1. The summed E-state index contributed by atoms with van der Waals surface area (Å²) in [4.78, 5) is 14.3. The number of primary amides is 1. The van der Waals surface area contributed by atoms with Crippen molar-refractivity contribution in [1.82, 2.24) is 10.2 Å². The molecule has 1 atom stereocenters. The van der Waals surface area contributed by atoms with Gasteiger partial charge in [0, 0.05) is 12.6 Å². The Bertz CT molecular complexity index is 289. The number of unbranched alkanes of at least 4 members (excludes halogenated alkanes) is 2. The van der Waals surface area contributed by atoms with Crippen LogP contribution in [0.1, 0.15) is 52.9 Å². The lowest BCUT2D eigenvalue weighted by molar-refractivity contribution is -0.126. The lowest BCUT2D eigenvalue weighted by atomic mass is 9.90. The van der Waals surface area contributed by atoms with Gasteiger partial charge in [0.25, 0.3) is 0 Å². The van der Waals surface area contributed by atoms with Crippen molar-refractivity contribution in [3.63, 3.8) is 0 Å². The number of nitrogens with zero attached hydrogens (tertiary/aromatic N) is 1. The molecule has 4 heteroatoms. The molecule has 0 heterocycles. The maximum absolute atomic E-state index is 12.0. The Labute approximate surface area is 118 Å². The fourth-order valence-corrected chi connectivity index (χ4v) is 2.87. The van der Waals surface area contributed by atoms with Crippen LogP contribution < -0.4 is 11.1 Å². The summed E-state index contributed by atoms with van der Waals surface area (Å²) in [5.74, 6) is 0.229. The van der Waals surface area contributed by atoms with Crippen LogP contribution in [0.25, 0.3) is 0 Å². The highest BCUT2D eigenvalue weighted by Gasteiger charge is 2.50. The first-order valence-corrected chi connectivity index (χ1v) is 7.68. The minimum Gasteiger partial charge on any atom is -0.368 e. The van der Waals surface area contributed by atoms with Crippen molar-refractivity contribution in [3.8, 4) is 0 Å². The number of nitrogens with one attached hydrogen (secondary N) is 1. The minimum absolute atomic E-state index is 0.189. The molecule has 19 heavy (non-hydrogen) atoms. The maximum atomic E-state index is 12.0. The molecule has 1 aliphatic carbocycles. The maximum Gasteiger partial charge on any atom is 0.239 e. The van der Waals surface area contributed by atoms with Gasteiger partial charge in [-0.05, 0) is 52.6 Å². The number of nitrogens with two attached hydrogens (primary N) is 1. The number of carbonyl (C=O) groups excluding carboxylic acids is 1. The van der Waals surface area contributed by atoms with Crippen molar-refractivity contribution < 1.29 is 4.79 Å². The van der Waals surface area contributed by atoms with Crippen molar-refractivity contribution in [1.29, 1.82) is 0 Å². The Kier molecular flexibility index (Phi) is 6.27. The molecule has 1 aliphatic rings. The van der Waals surface area contributed by atoms with E-state index in [1.54, 1.807) is 0 Å².